The van der Waals surface area contributed by atoms with E-state index in [4.69, 9.17) is 0 Å². The van der Waals surface area contributed by atoms with Crippen LogP contribution in [0.25, 0.3) is 0 Å². The lowest BCUT2D eigenvalue weighted by molar-refractivity contribution is -0.384. The van der Waals surface area contributed by atoms with Crippen LogP contribution < -0.4 is 4.90 Å². The number of benzene rings is 1. The number of nitrogens with zero attached hydrogens (tertiary/aromatic N) is 3. The SMILES string of the molecule is O=C(C[C@@H]1C=CCC1)N1CCN(c2cccc([N+](=O)[O-])c2)CC1. The first-order valence-electron chi connectivity index (χ1n) is 8.07. The van der Waals surface area contributed by atoms with Gasteiger partial charge in [0.15, 0.2) is 0 Å². The fourth-order valence-electron chi connectivity index (χ4n) is 3.24. The van der Waals surface area contributed by atoms with Crippen molar-refractivity contribution in [2.45, 2.75) is 19.3 Å². The Balaban J connectivity index is 1.55. The minimum Gasteiger partial charge on any atom is -0.368 e. The first-order chi connectivity index (χ1) is 11.1. The summed E-state index contributed by atoms with van der Waals surface area (Å²) in [6.07, 6.45) is 7.07. The van der Waals surface area contributed by atoms with E-state index in [2.05, 4.69) is 17.1 Å². The number of anilines is 1. The number of hydrogen-bond donors (Lipinski definition) is 0. The van der Waals surface area contributed by atoms with Crippen molar-refractivity contribution in [3.63, 3.8) is 0 Å². The predicted molar refractivity (Wildman–Crippen MR) is 88.4 cm³/mol. The van der Waals surface area contributed by atoms with E-state index in [0.717, 1.165) is 18.5 Å². The van der Waals surface area contributed by atoms with Crippen LogP contribution in [-0.2, 0) is 4.79 Å². The van der Waals surface area contributed by atoms with Gasteiger partial charge in [-0.3, -0.25) is 14.9 Å². The van der Waals surface area contributed by atoms with Crippen molar-refractivity contribution in [3.05, 3.63) is 46.5 Å². The molecule has 1 atom stereocenters. The average molecular weight is 315 g/mol. The summed E-state index contributed by atoms with van der Waals surface area (Å²) >= 11 is 0. The molecular weight excluding hydrogens is 294 g/mol. The molecule has 1 aliphatic carbocycles. The lowest BCUT2D eigenvalue weighted by atomic mass is 10.0. The number of nitro benzene ring substituents is 1. The predicted octanol–water partition coefficient (Wildman–Crippen LogP) is 2.60. The van der Waals surface area contributed by atoms with Gasteiger partial charge >= 0.3 is 0 Å². The van der Waals surface area contributed by atoms with Crippen LogP contribution >= 0.6 is 0 Å². The molecule has 0 saturated carbocycles. The molecule has 2 aliphatic rings. The van der Waals surface area contributed by atoms with E-state index in [1.807, 2.05) is 11.0 Å². The molecule has 0 aromatic heterocycles. The molecule has 23 heavy (non-hydrogen) atoms. The first kappa shape index (κ1) is 15.5. The van der Waals surface area contributed by atoms with Gasteiger partial charge in [-0.25, -0.2) is 0 Å². The zero-order chi connectivity index (χ0) is 16.2. The molecule has 0 N–H and O–H groups in total. The molecule has 0 unspecified atom stereocenters. The number of hydrogen-bond acceptors (Lipinski definition) is 4. The molecule has 1 amide bonds. The maximum atomic E-state index is 12.3. The number of nitro groups is 1. The molecule has 1 fully saturated rings. The minimum atomic E-state index is -0.377. The number of piperazine rings is 1. The Bertz CT molecular complexity index is 621. The van der Waals surface area contributed by atoms with Gasteiger partial charge in [0.2, 0.25) is 5.91 Å². The second kappa shape index (κ2) is 6.81. The summed E-state index contributed by atoms with van der Waals surface area (Å²) in [5.74, 6) is 0.623. The summed E-state index contributed by atoms with van der Waals surface area (Å²) in [5, 5.41) is 10.9. The molecule has 0 radical (unpaired) electrons. The number of carbonyl (C=O) groups excluding carboxylic acids is 1. The third kappa shape index (κ3) is 3.70. The van der Waals surface area contributed by atoms with Gasteiger partial charge in [-0.2, -0.15) is 0 Å². The lowest BCUT2D eigenvalue weighted by Crippen LogP contribution is -2.49. The van der Waals surface area contributed by atoms with Gasteiger partial charge < -0.3 is 9.80 Å². The Morgan fingerprint density at radius 1 is 1.26 bits per heavy atom. The number of carbonyl (C=O) groups is 1. The molecule has 1 saturated heterocycles. The summed E-state index contributed by atoms with van der Waals surface area (Å²) in [4.78, 5) is 26.8. The zero-order valence-corrected chi connectivity index (χ0v) is 13.1. The number of non-ortho nitro benzene ring substituents is 1. The Morgan fingerprint density at radius 3 is 2.70 bits per heavy atom. The van der Waals surface area contributed by atoms with Crippen LogP contribution in [0.5, 0.6) is 0 Å². The first-order valence-corrected chi connectivity index (χ1v) is 8.07. The van der Waals surface area contributed by atoms with E-state index in [1.165, 1.54) is 6.07 Å². The maximum absolute atomic E-state index is 12.3. The van der Waals surface area contributed by atoms with Crippen LogP contribution in [0.3, 0.4) is 0 Å². The van der Waals surface area contributed by atoms with Crippen LogP contribution in [-0.4, -0.2) is 41.9 Å². The number of amides is 1. The van der Waals surface area contributed by atoms with Crippen LogP contribution in [0, 0.1) is 16.0 Å². The quantitative estimate of drug-likeness (QED) is 0.486. The molecule has 1 aromatic rings. The maximum Gasteiger partial charge on any atom is 0.271 e. The Labute approximate surface area is 135 Å². The topological polar surface area (TPSA) is 66.7 Å². The van der Waals surface area contributed by atoms with Crippen molar-refractivity contribution in [3.8, 4) is 0 Å². The van der Waals surface area contributed by atoms with E-state index >= 15 is 0 Å². The third-order valence-corrected chi connectivity index (χ3v) is 4.59. The Hall–Kier alpha value is -2.37. The highest BCUT2D eigenvalue weighted by Crippen LogP contribution is 2.24. The standard InChI is InChI=1S/C17H21N3O3/c21-17(12-14-4-1-2-5-14)19-10-8-18(9-11-19)15-6-3-7-16(13-15)20(22)23/h1,3-4,6-7,13-14H,2,5,8-12H2/t14-/m1/s1. The second-order valence-electron chi connectivity index (χ2n) is 6.11. The van der Waals surface area contributed by atoms with E-state index in [-0.39, 0.29) is 16.5 Å². The summed E-state index contributed by atoms with van der Waals surface area (Å²) in [5.41, 5.74) is 0.957. The highest BCUT2D eigenvalue weighted by atomic mass is 16.6. The second-order valence-corrected chi connectivity index (χ2v) is 6.11. The molecule has 1 aliphatic heterocycles. The smallest absolute Gasteiger partial charge is 0.271 e. The molecule has 6 nitrogen and oxygen atoms in total. The molecule has 0 bridgehead atoms. The Morgan fingerprint density at radius 2 is 2.04 bits per heavy atom. The van der Waals surface area contributed by atoms with Crippen molar-refractivity contribution < 1.29 is 9.72 Å². The Kier molecular flexibility index (Phi) is 4.60. The number of allylic oxidation sites excluding steroid dienone is 2. The van der Waals surface area contributed by atoms with Gasteiger partial charge in [0, 0.05) is 50.4 Å². The van der Waals surface area contributed by atoms with Crippen molar-refractivity contribution in [2.24, 2.45) is 5.92 Å². The minimum absolute atomic E-state index is 0.106. The van der Waals surface area contributed by atoms with Gasteiger partial charge in [-0.1, -0.05) is 18.2 Å². The van der Waals surface area contributed by atoms with E-state index < -0.39 is 0 Å². The van der Waals surface area contributed by atoms with Crippen LogP contribution in [0.15, 0.2) is 36.4 Å². The van der Waals surface area contributed by atoms with E-state index in [0.29, 0.717) is 38.5 Å². The normalized spacial score (nSPS) is 20.8. The van der Waals surface area contributed by atoms with Crippen LogP contribution in [0.2, 0.25) is 0 Å². The van der Waals surface area contributed by atoms with Crippen molar-refractivity contribution in [2.75, 3.05) is 31.1 Å². The fourth-order valence-corrected chi connectivity index (χ4v) is 3.24. The summed E-state index contributed by atoms with van der Waals surface area (Å²) < 4.78 is 0. The monoisotopic (exact) mass is 315 g/mol. The molecule has 3 rings (SSSR count). The lowest BCUT2D eigenvalue weighted by Gasteiger charge is -2.36. The molecule has 1 heterocycles. The van der Waals surface area contributed by atoms with Crippen LogP contribution in [0.1, 0.15) is 19.3 Å². The van der Waals surface area contributed by atoms with Gasteiger partial charge in [0.25, 0.3) is 5.69 Å². The highest BCUT2D eigenvalue weighted by Gasteiger charge is 2.24. The van der Waals surface area contributed by atoms with E-state index in [1.54, 1.807) is 12.1 Å². The summed E-state index contributed by atoms with van der Waals surface area (Å²) in [6.45, 7) is 2.79. The van der Waals surface area contributed by atoms with Gasteiger partial charge in [-0.15, -0.1) is 0 Å². The molecular formula is C17H21N3O3. The summed E-state index contributed by atoms with van der Waals surface area (Å²) in [6, 6.07) is 6.68. The fraction of sp³-hybridized carbons (Fsp3) is 0.471. The van der Waals surface area contributed by atoms with Crippen LogP contribution in [0.4, 0.5) is 11.4 Å². The zero-order valence-electron chi connectivity index (χ0n) is 13.1. The van der Waals surface area contributed by atoms with Crippen molar-refractivity contribution in [1.29, 1.82) is 0 Å². The molecule has 0 spiro atoms. The molecule has 122 valence electrons. The van der Waals surface area contributed by atoms with Gasteiger partial charge in [-0.05, 0) is 24.8 Å². The van der Waals surface area contributed by atoms with Crippen molar-refractivity contribution >= 4 is 17.3 Å². The largest absolute Gasteiger partial charge is 0.368 e. The third-order valence-electron chi connectivity index (χ3n) is 4.59. The average Bonchev–Trinajstić information content (AvgIpc) is 3.08. The van der Waals surface area contributed by atoms with E-state index in [9.17, 15) is 14.9 Å². The summed E-state index contributed by atoms with van der Waals surface area (Å²) in [7, 11) is 0. The molecule has 1 aromatic carbocycles. The van der Waals surface area contributed by atoms with Gasteiger partial charge in [0.1, 0.15) is 0 Å². The van der Waals surface area contributed by atoms with Crippen molar-refractivity contribution in [1.82, 2.24) is 4.90 Å². The molecule has 6 heteroatoms. The number of rotatable bonds is 4. The van der Waals surface area contributed by atoms with Gasteiger partial charge in [0.05, 0.1) is 4.92 Å². The highest BCUT2D eigenvalue weighted by molar-refractivity contribution is 5.77.